The van der Waals surface area contributed by atoms with E-state index in [4.69, 9.17) is 9.47 Å². The van der Waals surface area contributed by atoms with E-state index in [1.165, 1.54) is 22.2 Å². The molecule has 1 fully saturated rings. The molecule has 0 spiro atoms. The molecule has 0 aliphatic carbocycles. The van der Waals surface area contributed by atoms with Crippen molar-refractivity contribution in [2.45, 2.75) is 45.4 Å². The highest BCUT2D eigenvalue weighted by atomic mass is 16.5. The predicted molar refractivity (Wildman–Crippen MR) is 112 cm³/mol. The Morgan fingerprint density at radius 2 is 2.11 bits per heavy atom. The van der Waals surface area contributed by atoms with Crippen molar-refractivity contribution in [3.63, 3.8) is 0 Å². The number of benzene rings is 1. The molecular formula is C23H29N3O2. The van der Waals surface area contributed by atoms with Crippen LogP contribution in [0.1, 0.15) is 55.7 Å². The van der Waals surface area contributed by atoms with Gasteiger partial charge in [0.15, 0.2) is 0 Å². The summed E-state index contributed by atoms with van der Waals surface area (Å²) in [6, 6.07) is 12.9. The van der Waals surface area contributed by atoms with Crippen LogP contribution in [0.25, 0.3) is 11.0 Å². The van der Waals surface area contributed by atoms with E-state index in [0.29, 0.717) is 6.61 Å². The van der Waals surface area contributed by atoms with E-state index in [-0.39, 0.29) is 12.1 Å². The van der Waals surface area contributed by atoms with Gasteiger partial charge in [-0.3, -0.25) is 4.90 Å². The summed E-state index contributed by atoms with van der Waals surface area (Å²) in [7, 11) is 2.18. The number of rotatable bonds is 7. The van der Waals surface area contributed by atoms with Crippen molar-refractivity contribution in [1.82, 2.24) is 14.9 Å². The molecule has 4 rings (SSSR count). The van der Waals surface area contributed by atoms with Crippen LogP contribution in [0.15, 0.2) is 42.6 Å². The molecule has 3 heterocycles. The second-order valence-electron chi connectivity index (χ2n) is 7.51. The van der Waals surface area contributed by atoms with Crippen molar-refractivity contribution in [3.8, 4) is 5.75 Å². The van der Waals surface area contributed by atoms with Crippen molar-refractivity contribution in [1.29, 1.82) is 0 Å². The number of hydrogen-bond acceptors (Lipinski definition) is 4. The Bertz CT molecular complexity index is 913. The van der Waals surface area contributed by atoms with E-state index in [0.717, 1.165) is 37.4 Å². The summed E-state index contributed by atoms with van der Waals surface area (Å²) in [6.07, 6.45) is 4.18. The third-order valence-corrected chi connectivity index (χ3v) is 5.70. The van der Waals surface area contributed by atoms with Crippen molar-refractivity contribution in [2.75, 3.05) is 20.3 Å². The third kappa shape index (κ3) is 3.77. The first kappa shape index (κ1) is 19.0. The molecule has 0 amide bonds. The molecule has 2 atom stereocenters. The molecule has 0 bridgehead atoms. The van der Waals surface area contributed by atoms with E-state index in [2.05, 4.69) is 59.2 Å². The summed E-state index contributed by atoms with van der Waals surface area (Å²) < 4.78 is 11.5. The molecule has 1 aliphatic rings. The van der Waals surface area contributed by atoms with E-state index in [1.54, 1.807) is 0 Å². The normalized spacial score (nSPS) is 18.1. The van der Waals surface area contributed by atoms with Crippen LogP contribution in [0, 0.1) is 0 Å². The summed E-state index contributed by atoms with van der Waals surface area (Å²) >= 11 is 0. The fourth-order valence-electron chi connectivity index (χ4n) is 4.00. The number of aromatic nitrogens is 2. The Kier molecular flexibility index (Phi) is 5.64. The molecule has 0 saturated carbocycles. The Morgan fingerprint density at radius 3 is 2.82 bits per heavy atom. The van der Waals surface area contributed by atoms with Gasteiger partial charge in [0, 0.05) is 30.8 Å². The average Bonchev–Trinajstić information content (AvgIpc) is 3.36. The van der Waals surface area contributed by atoms with Crippen molar-refractivity contribution >= 4 is 11.0 Å². The van der Waals surface area contributed by atoms with Crippen LogP contribution in [0.4, 0.5) is 0 Å². The van der Waals surface area contributed by atoms with Crippen LogP contribution < -0.4 is 4.74 Å². The Hall–Kier alpha value is -2.37. The fraction of sp³-hybridized carbons (Fsp3) is 0.435. The van der Waals surface area contributed by atoms with Gasteiger partial charge in [0.05, 0.1) is 18.4 Å². The second kappa shape index (κ2) is 8.33. The zero-order chi connectivity index (χ0) is 19.5. The number of nitrogens with one attached hydrogen (secondary N) is 1. The molecule has 1 saturated heterocycles. The summed E-state index contributed by atoms with van der Waals surface area (Å²) in [4.78, 5) is 10.4. The number of pyridine rings is 1. The summed E-state index contributed by atoms with van der Waals surface area (Å²) in [6.45, 7) is 6.62. The quantitative estimate of drug-likeness (QED) is 0.627. The van der Waals surface area contributed by atoms with Crippen LogP contribution in [-0.2, 0) is 11.3 Å². The molecule has 148 valence electrons. The minimum Gasteiger partial charge on any atom is -0.494 e. The summed E-state index contributed by atoms with van der Waals surface area (Å²) in [5.41, 5.74) is 4.72. The lowest BCUT2D eigenvalue weighted by Crippen LogP contribution is -2.22. The standard InChI is InChI=1S/C23H29N3O2/c1-4-27-18-11-9-17(10-12-18)16(2)26(3)15-20-19-7-5-13-24-23(19)25-22(20)21-8-6-14-28-21/h5,7,9-13,16,21H,4,6,8,14-15H2,1-3H3,(H,24,25)/t16?,21-/m0/s1. The van der Waals surface area contributed by atoms with E-state index in [1.807, 2.05) is 19.2 Å². The van der Waals surface area contributed by atoms with Crippen LogP contribution in [0.3, 0.4) is 0 Å². The lowest BCUT2D eigenvalue weighted by Gasteiger charge is -2.26. The van der Waals surface area contributed by atoms with Gasteiger partial charge >= 0.3 is 0 Å². The zero-order valence-corrected chi connectivity index (χ0v) is 16.9. The topological polar surface area (TPSA) is 50.4 Å². The number of hydrogen-bond donors (Lipinski definition) is 1. The average molecular weight is 380 g/mol. The lowest BCUT2D eigenvalue weighted by molar-refractivity contribution is 0.107. The zero-order valence-electron chi connectivity index (χ0n) is 16.9. The first-order valence-electron chi connectivity index (χ1n) is 10.2. The van der Waals surface area contributed by atoms with Crippen LogP contribution >= 0.6 is 0 Å². The SMILES string of the molecule is CCOc1ccc(C(C)N(C)Cc2c([C@@H]3CCCO3)[nH]c3ncccc23)cc1. The number of fused-ring (bicyclic) bond motifs is 1. The molecule has 3 aromatic rings. The Balaban J connectivity index is 1.58. The van der Waals surface area contributed by atoms with Crippen LogP contribution in [0.5, 0.6) is 5.75 Å². The van der Waals surface area contributed by atoms with Crippen molar-refractivity contribution in [2.24, 2.45) is 0 Å². The highest BCUT2D eigenvalue weighted by Gasteiger charge is 2.26. The van der Waals surface area contributed by atoms with E-state index in [9.17, 15) is 0 Å². The molecule has 5 heteroatoms. The molecule has 5 nitrogen and oxygen atoms in total. The van der Waals surface area contributed by atoms with Crippen molar-refractivity contribution < 1.29 is 9.47 Å². The van der Waals surface area contributed by atoms with Crippen LogP contribution in [-0.4, -0.2) is 35.1 Å². The van der Waals surface area contributed by atoms with Gasteiger partial charge in [-0.1, -0.05) is 12.1 Å². The number of ether oxygens (including phenoxy) is 2. The summed E-state index contributed by atoms with van der Waals surface area (Å²) in [5, 5.41) is 1.19. The van der Waals surface area contributed by atoms with Crippen molar-refractivity contribution in [3.05, 3.63) is 59.4 Å². The second-order valence-corrected chi connectivity index (χ2v) is 7.51. The molecule has 28 heavy (non-hydrogen) atoms. The first-order chi connectivity index (χ1) is 13.7. The largest absolute Gasteiger partial charge is 0.494 e. The highest BCUT2D eigenvalue weighted by molar-refractivity contribution is 5.81. The van der Waals surface area contributed by atoms with E-state index < -0.39 is 0 Å². The number of nitrogens with zero attached hydrogens (tertiary/aromatic N) is 2. The molecule has 2 aromatic heterocycles. The highest BCUT2D eigenvalue weighted by Crippen LogP contribution is 2.35. The minimum absolute atomic E-state index is 0.151. The van der Waals surface area contributed by atoms with Gasteiger partial charge in [0.2, 0.25) is 0 Å². The third-order valence-electron chi connectivity index (χ3n) is 5.70. The van der Waals surface area contributed by atoms with Crippen LogP contribution in [0.2, 0.25) is 0 Å². The first-order valence-corrected chi connectivity index (χ1v) is 10.2. The van der Waals surface area contributed by atoms with Gasteiger partial charge in [0.25, 0.3) is 0 Å². The monoisotopic (exact) mass is 379 g/mol. The number of H-pyrrole nitrogens is 1. The van der Waals surface area contributed by atoms with Gasteiger partial charge in [0.1, 0.15) is 11.4 Å². The molecule has 1 aliphatic heterocycles. The van der Waals surface area contributed by atoms with Gasteiger partial charge in [-0.25, -0.2) is 4.98 Å². The smallest absolute Gasteiger partial charge is 0.137 e. The van der Waals surface area contributed by atoms with Gasteiger partial charge in [-0.2, -0.15) is 0 Å². The lowest BCUT2D eigenvalue weighted by atomic mass is 10.0. The minimum atomic E-state index is 0.151. The van der Waals surface area contributed by atoms with Gasteiger partial charge in [-0.15, -0.1) is 0 Å². The predicted octanol–water partition coefficient (Wildman–Crippen LogP) is 5.01. The molecule has 0 radical (unpaired) electrons. The fourth-order valence-corrected chi connectivity index (χ4v) is 4.00. The maximum absolute atomic E-state index is 5.98. The Labute approximate surface area is 166 Å². The van der Waals surface area contributed by atoms with Gasteiger partial charge in [-0.05, 0) is 69.1 Å². The maximum atomic E-state index is 5.98. The molecular weight excluding hydrogens is 350 g/mol. The maximum Gasteiger partial charge on any atom is 0.137 e. The van der Waals surface area contributed by atoms with Gasteiger partial charge < -0.3 is 14.5 Å². The Morgan fingerprint density at radius 1 is 1.29 bits per heavy atom. The summed E-state index contributed by atoms with van der Waals surface area (Å²) in [5.74, 6) is 0.921. The molecule has 1 unspecified atom stereocenters. The molecule has 1 N–H and O–H groups in total. The molecule has 1 aromatic carbocycles. The number of aromatic amines is 1. The van der Waals surface area contributed by atoms with E-state index >= 15 is 0 Å².